The largest absolute Gasteiger partial charge is 0.433 e. The number of carbonyl (C=O) groups excluding carboxylic acids is 1. The van der Waals surface area contributed by atoms with Crippen molar-refractivity contribution in [3.8, 4) is 5.69 Å². The molecule has 0 spiro atoms. The first-order chi connectivity index (χ1) is 12.3. The Morgan fingerprint density at radius 2 is 1.85 bits per heavy atom. The molecular formula is C18H15F3N4O. The monoisotopic (exact) mass is 360 g/mol. The second kappa shape index (κ2) is 6.99. The first-order valence-electron chi connectivity index (χ1n) is 7.72. The van der Waals surface area contributed by atoms with Crippen LogP contribution < -0.4 is 0 Å². The maximum atomic E-state index is 12.5. The number of hydrogen-bond donors (Lipinski definition) is 0. The molecule has 0 bridgehead atoms. The Hall–Kier alpha value is -3.16. The highest BCUT2D eigenvalue weighted by molar-refractivity contribution is 5.93. The van der Waals surface area contributed by atoms with Crippen molar-refractivity contribution >= 4 is 5.91 Å². The molecule has 0 aliphatic heterocycles. The minimum Gasteiger partial charge on any atom is -0.337 e. The first-order valence-corrected chi connectivity index (χ1v) is 7.72. The highest BCUT2D eigenvalue weighted by Crippen LogP contribution is 2.27. The third kappa shape index (κ3) is 3.90. The van der Waals surface area contributed by atoms with Gasteiger partial charge in [0, 0.05) is 31.5 Å². The number of aromatic nitrogens is 3. The predicted octanol–water partition coefficient (Wildman–Crippen LogP) is 3.56. The van der Waals surface area contributed by atoms with Crippen LogP contribution in [0.25, 0.3) is 5.69 Å². The standard InChI is InChI=1S/C18H15F3N4O/c1-24(17(26)14-7-8-16(22-10-14)18(19,20)21)11-13-9-23-25(12-13)15-5-3-2-4-6-15/h2-10,12H,11H2,1H3. The van der Waals surface area contributed by atoms with E-state index < -0.39 is 17.8 Å². The average molecular weight is 360 g/mol. The fourth-order valence-corrected chi connectivity index (χ4v) is 2.42. The molecule has 0 saturated heterocycles. The zero-order chi connectivity index (χ0) is 18.7. The van der Waals surface area contributed by atoms with Crippen LogP contribution in [0.15, 0.2) is 61.1 Å². The minimum atomic E-state index is -4.53. The Morgan fingerprint density at radius 1 is 1.12 bits per heavy atom. The molecule has 2 aromatic heterocycles. The summed E-state index contributed by atoms with van der Waals surface area (Å²) in [4.78, 5) is 17.1. The van der Waals surface area contributed by atoms with Crippen LogP contribution in [0, 0.1) is 0 Å². The van der Waals surface area contributed by atoms with Gasteiger partial charge in [0.1, 0.15) is 5.69 Å². The van der Waals surface area contributed by atoms with E-state index in [4.69, 9.17) is 0 Å². The van der Waals surface area contributed by atoms with Crippen molar-refractivity contribution in [2.24, 2.45) is 0 Å². The molecular weight excluding hydrogens is 345 g/mol. The molecule has 3 rings (SSSR count). The number of pyridine rings is 1. The molecule has 26 heavy (non-hydrogen) atoms. The van der Waals surface area contributed by atoms with E-state index in [1.165, 1.54) is 4.90 Å². The predicted molar refractivity (Wildman–Crippen MR) is 88.6 cm³/mol. The summed E-state index contributed by atoms with van der Waals surface area (Å²) in [5, 5.41) is 4.25. The average Bonchev–Trinajstić information content (AvgIpc) is 3.09. The van der Waals surface area contributed by atoms with Gasteiger partial charge in [-0.1, -0.05) is 18.2 Å². The molecule has 1 amide bonds. The lowest BCUT2D eigenvalue weighted by Crippen LogP contribution is -2.26. The minimum absolute atomic E-state index is 0.0935. The summed E-state index contributed by atoms with van der Waals surface area (Å²) in [6.45, 7) is 0.271. The van der Waals surface area contributed by atoms with Crippen molar-refractivity contribution in [2.45, 2.75) is 12.7 Å². The van der Waals surface area contributed by atoms with Crippen LogP contribution in [0.5, 0.6) is 0 Å². The van der Waals surface area contributed by atoms with Crippen molar-refractivity contribution in [3.05, 3.63) is 77.9 Å². The molecule has 0 saturated carbocycles. The van der Waals surface area contributed by atoms with E-state index in [0.29, 0.717) is 0 Å². The second-order valence-corrected chi connectivity index (χ2v) is 5.72. The van der Waals surface area contributed by atoms with Crippen LogP contribution in [0.2, 0.25) is 0 Å². The van der Waals surface area contributed by atoms with Crippen molar-refractivity contribution in [2.75, 3.05) is 7.05 Å². The lowest BCUT2D eigenvalue weighted by atomic mass is 10.2. The van der Waals surface area contributed by atoms with Crippen molar-refractivity contribution in [1.29, 1.82) is 0 Å². The Morgan fingerprint density at radius 3 is 2.46 bits per heavy atom. The van der Waals surface area contributed by atoms with Crippen LogP contribution in [0.1, 0.15) is 21.6 Å². The second-order valence-electron chi connectivity index (χ2n) is 5.72. The number of hydrogen-bond acceptors (Lipinski definition) is 3. The first kappa shape index (κ1) is 17.7. The lowest BCUT2D eigenvalue weighted by Gasteiger charge is -2.16. The van der Waals surface area contributed by atoms with Gasteiger partial charge in [0.05, 0.1) is 17.4 Å². The van der Waals surface area contributed by atoms with Gasteiger partial charge >= 0.3 is 6.18 Å². The molecule has 2 heterocycles. The molecule has 3 aromatic rings. The van der Waals surface area contributed by atoms with Crippen molar-refractivity contribution in [1.82, 2.24) is 19.7 Å². The molecule has 0 atom stereocenters. The Labute approximate surface area is 147 Å². The van der Waals surface area contributed by atoms with Gasteiger partial charge in [0.15, 0.2) is 0 Å². The quantitative estimate of drug-likeness (QED) is 0.715. The third-order valence-corrected chi connectivity index (χ3v) is 3.72. The van der Waals surface area contributed by atoms with Crippen LogP contribution in [0.3, 0.4) is 0 Å². The van der Waals surface area contributed by atoms with Gasteiger partial charge in [-0.15, -0.1) is 0 Å². The molecule has 0 N–H and O–H groups in total. The fourth-order valence-electron chi connectivity index (χ4n) is 2.42. The van der Waals surface area contributed by atoms with E-state index in [9.17, 15) is 18.0 Å². The van der Waals surface area contributed by atoms with Crippen molar-refractivity contribution in [3.63, 3.8) is 0 Å². The molecule has 8 heteroatoms. The summed E-state index contributed by atoms with van der Waals surface area (Å²) in [6.07, 6.45) is -0.152. The summed E-state index contributed by atoms with van der Waals surface area (Å²) < 4.78 is 39.3. The van der Waals surface area contributed by atoms with Gasteiger partial charge in [-0.25, -0.2) is 4.68 Å². The van der Waals surface area contributed by atoms with Crippen LogP contribution >= 0.6 is 0 Å². The number of carbonyl (C=O) groups is 1. The number of amides is 1. The van der Waals surface area contributed by atoms with E-state index in [1.807, 2.05) is 30.3 Å². The summed E-state index contributed by atoms with van der Waals surface area (Å²) in [5.41, 5.74) is 0.751. The Balaban J connectivity index is 1.69. The lowest BCUT2D eigenvalue weighted by molar-refractivity contribution is -0.141. The SMILES string of the molecule is CN(Cc1cnn(-c2ccccc2)c1)C(=O)c1ccc(C(F)(F)F)nc1. The molecule has 0 radical (unpaired) electrons. The van der Waals surface area contributed by atoms with E-state index >= 15 is 0 Å². The molecule has 1 aromatic carbocycles. The highest BCUT2D eigenvalue weighted by atomic mass is 19.4. The number of alkyl halides is 3. The van der Waals surface area contributed by atoms with Gasteiger partial charge in [-0.05, 0) is 24.3 Å². The maximum Gasteiger partial charge on any atom is 0.433 e. The van der Waals surface area contributed by atoms with E-state index in [-0.39, 0.29) is 12.1 Å². The van der Waals surface area contributed by atoms with E-state index in [2.05, 4.69) is 10.1 Å². The smallest absolute Gasteiger partial charge is 0.337 e. The third-order valence-electron chi connectivity index (χ3n) is 3.72. The normalized spacial score (nSPS) is 11.4. The zero-order valence-corrected chi connectivity index (χ0v) is 13.8. The zero-order valence-electron chi connectivity index (χ0n) is 13.8. The highest BCUT2D eigenvalue weighted by Gasteiger charge is 2.32. The summed E-state index contributed by atoms with van der Waals surface area (Å²) in [5.74, 6) is -0.418. The van der Waals surface area contributed by atoms with Crippen molar-refractivity contribution < 1.29 is 18.0 Å². The van der Waals surface area contributed by atoms with E-state index in [1.54, 1.807) is 24.1 Å². The summed E-state index contributed by atoms with van der Waals surface area (Å²) >= 11 is 0. The molecule has 134 valence electrons. The molecule has 0 aliphatic carbocycles. The van der Waals surface area contributed by atoms with E-state index in [0.717, 1.165) is 29.6 Å². The molecule has 0 unspecified atom stereocenters. The Bertz CT molecular complexity index is 889. The summed E-state index contributed by atoms with van der Waals surface area (Å²) in [7, 11) is 1.57. The number of halogens is 3. The fraction of sp³-hybridized carbons (Fsp3) is 0.167. The van der Waals surface area contributed by atoms with Crippen LogP contribution in [-0.2, 0) is 12.7 Å². The van der Waals surface area contributed by atoms with Crippen LogP contribution in [0.4, 0.5) is 13.2 Å². The van der Waals surface area contributed by atoms with Gasteiger partial charge in [0.2, 0.25) is 0 Å². The number of nitrogens with zero attached hydrogens (tertiary/aromatic N) is 4. The number of para-hydroxylation sites is 1. The Kier molecular flexibility index (Phi) is 4.75. The molecule has 0 aliphatic rings. The number of rotatable bonds is 4. The summed E-state index contributed by atoms with van der Waals surface area (Å²) in [6, 6.07) is 11.4. The number of benzene rings is 1. The maximum absolute atomic E-state index is 12.5. The molecule has 5 nitrogen and oxygen atoms in total. The molecule has 0 fully saturated rings. The van der Waals surface area contributed by atoms with Crippen LogP contribution in [-0.4, -0.2) is 32.6 Å². The van der Waals surface area contributed by atoms with Gasteiger partial charge in [0.25, 0.3) is 5.91 Å². The van der Waals surface area contributed by atoms with Gasteiger partial charge in [-0.3, -0.25) is 9.78 Å². The van der Waals surface area contributed by atoms with Gasteiger partial charge in [-0.2, -0.15) is 18.3 Å². The van der Waals surface area contributed by atoms with Gasteiger partial charge < -0.3 is 4.90 Å². The topological polar surface area (TPSA) is 51.0 Å².